The predicted molar refractivity (Wildman–Crippen MR) is 128 cm³/mol. The molecule has 6 nitrogen and oxygen atoms in total. The highest BCUT2D eigenvalue weighted by Gasteiger charge is 2.22. The second kappa shape index (κ2) is 9.00. The Hall–Kier alpha value is -2.39. The van der Waals surface area contributed by atoms with Crippen molar-refractivity contribution in [2.45, 2.75) is 13.3 Å². The number of rotatable bonds is 6. The number of thiazole rings is 2. The van der Waals surface area contributed by atoms with Crippen LogP contribution >= 0.6 is 22.7 Å². The van der Waals surface area contributed by atoms with E-state index in [-0.39, 0.29) is 5.91 Å². The Morgan fingerprint density at radius 2 is 2.06 bits per heavy atom. The first-order valence-electron chi connectivity index (χ1n) is 10.5. The van der Waals surface area contributed by atoms with Crippen molar-refractivity contribution >= 4 is 54.1 Å². The Morgan fingerprint density at radius 1 is 1.19 bits per heavy atom. The first kappa shape index (κ1) is 20.5. The molecule has 2 aromatic heterocycles. The third-order valence-corrected chi connectivity index (χ3v) is 7.46. The van der Waals surface area contributed by atoms with Gasteiger partial charge in [-0.2, -0.15) is 0 Å². The fourth-order valence-corrected chi connectivity index (χ4v) is 5.68. The minimum atomic E-state index is -0.00557. The van der Waals surface area contributed by atoms with Gasteiger partial charge in [-0.15, -0.1) is 11.3 Å². The van der Waals surface area contributed by atoms with Crippen LogP contribution in [0.4, 0.5) is 5.13 Å². The largest absolute Gasteiger partial charge is 0.379 e. The van der Waals surface area contributed by atoms with Gasteiger partial charge < -0.3 is 4.74 Å². The van der Waals surface area contributed by atoms with Gasteiger partial charge in [0.2, 0.25) is 0 Å². The standard InChI is InChI=1S/C23H24N4O2S2/c1-16-4-2-5-19-21(16)25-23(31-19)27(9-3-8-26-10-12-29-13-11-26)22(28)17-6-7-18-20(14-17)30-15-24-18/h2,4-7,14-15H,3,8-13H2,1H3. The average molecular weight is 453 g/mol. The van der Waals surface area contributed by atoms with E-state index < -0.39 is 0 Å². The lowest BCUT2D eigenvalue weighted by atomic mass is 10.2. The van der Waals surface area contributed by atoms with Crippen LogP contribution in [-0.4, -0.2) is 60.2 Å². The van der Waals surface area contributed by atoms with Crippen LogP contribution in [0.1, 0.15) is 22.3 Å². The van der Waals surface area contributed by atoms with Crippen LogP contribution in [0.2, 0.25) is 0 Å². The summed E-state index contributed by atoms with van der Waals surface area (Å²) in [7, 11) is 0. The van der Waals surface area contributed by atoms with Crippen LogP contribution in [0.5, 0.6) is 0 Å². The third-order valence-electron chi connectivity index (χ3n) is 5.62. The van der Waals surface area contributed by atoms with E-state index >= 15 is 0 Å². The number of amides is 1. The number of fused-ring (bicyclic) bond motifs is 2. The number of hydrogen-bond donors (Lipinski definition) is 0. The average Bonchev–Trinajstić information content (AvgIpc) is 3.44. The van der Waals surface area contributed by atoms with E-state index in [1.807, 2.05) is 34.7 Å². The Labute approximate surface area is 189 Å². The van der Waals surface area contributed by atoms with E-state index in [0.717, 1.165) is 70.4 Å². The zero-order chi connectivity index (χ0) is 21.2. The first-order chi connectivity index (χ1) is 15.2. The molecule has 8 heteroatoms. The minimum Gasteiger partial charge on any atom is -0.379 e. The first-order valence-corrected chi connectivity index (χ1v) is 12.2. The molecule has 31 heavy (non-hydrogen) atoms. The summed E-state index contributed by atoms with van der Waals surface area (Å²) < 4.78 is 7.58. The van der Waals surface area contributed by atoms with Crippen molar-refractivity contribution in [2.24, 2.45) is 0 Å². The van der Waals surface area contributed by atoms with E-state index in [0.29, 0.717) is 12.1 Å². The van der Waals surface area contributed by atoms with Gasteiger partial charge in [0.1, 0.15) is 0 Å². The molecule has 0 saturated carbocycles. The highest BCUT2D eigenvalue weighted by atomic mass is 32.1. The van der Waals surface area contributed by atoms with Gasteiger partial charge in [-0.25, -0.2) is 9.97 Å². The summed E-state index contributed by atoms with van der Waals surface area (Å²) in [5, 5.41) is 0.765. The molecule has 0 N–H and O–H groups in total. The van der Waals surface area contributed by atoms with Crippen molar-refractivity contribution in [3.63, 3.8) is 0 Å². The molecule has 4 aromatic rings. The number of aryl methyl sites for hydroxylation is 1. The second-order valence-corrected chi connectivity index (χ2v) is 9.61. The summed E-state index contributed by atoms with van der Waals surface area (Å²) in [6.45, 7) is 7.13. The summed E-state index contributed by atoms with van der Waals surface area (Å²) >= 11 is 3.14. The zero-order valence-electron chi connectivity index (χ0n) is 17.4. The molecule has 0 radical (unpaired) electrons. The maximum atomic E-state index is 13.6. The maximum absolute atomic E-state index is 13.6. The number of para-hydroxylation sites is 1. The number of anilines is 1. The van der Waals surface area contributed by atoms with E-state index in [9.17, 15) is 4.79 Å². The topological polar surface area (TPSA) is 58.6 Å². The molecule has 0 aliphatic carbocycles. The summed E-state index contributed by atoms with van der Waals surface area (Å²) in [5.74, 6) is -0.00557. The van der Waals surface area contributed by atoms with E-state index in [1.54, 1.807) is 22.7 Å². The molecule has 1 aliphatic heterocycles. The number of carbonyl (C=O) groups excluding carboxylic acids is 1. The molecular weight excluding hydrogens is 428 g/mol. The van der Waals surface area contributed by atoms with Crippen molar-refractivity contribution in [1.29, 1.82) is 0 Å². The molecule has 0 spiro atoms. The number of ether oxygens (including phenoxy) is 1. The van der Waals surface area contributed by atoms with Crippen molar-refractivity contribution < 1.29 is 9.53 Å². The van der Waals surface area contributed by atoms with Crippen LogP contribution in [0.25, 0.3) is 20.4 Å². The molecular formula is C23H24N4O2S2. The second-order valence-electron chi connectivity index (χ2n) is 7.72. The molecule has 1 amide bonds. The van der Waals surface area contributed by atoms with Gasteiger partial charge in [0.25, 0.3) is 5.91 Å². The number of carbonyl (C=O) groups is 1. The van der Waals surface area contributed by atoms with Crippen LogP contribution in [-0.2, 0) is 4.74 Å². The normalized spacial score (nSPS) is 15.0. The van der Waals surface area contributed by atoms with Gasteiger partial charge in [0.15, 0.2) is 5.13 Å². The lowest BCUT2D eigenvalue weighted by Gasteiger charge is -2.27. The lowest BCUT2D eigenvalue weighted by Crippen LogP contribution is -2.39. The molecule has 2 aromatic carbocycles. The number of morpholine rings is 1. The van der Waals surface area contributed by atoms with E-state index in [4.69, 9.17) is 9.72 Å². The van der Waals surface area contributed by atoms with Crippen molar-refractivity contribution in [3.05, 3.63) is 53.0 Å². The van der Waals surface area contributed by atoms with E-state index in [2.05, 4.69) is 28.9 Å². The predicted octanol–water partition coefficient (Wildman–Crippen LogP) is 4.58. The van der Waals surface area contributed by atoms with Gasteiger partial charge >= 0.3 is 0 Å². The maximum Gasteiger partial charge on any atom is 0.260 e. The summed E-state index contributed by atoms with van der Waals surface area (Å²) in [5.41, 5.74) is 5.53. The van der Waals surface area contributed by atoms with Gasteiger partial charge in [-0.3, -0.25) is 14.6 Å². The zero-order valence-corrected chi connectivity index (χ0v) is 19.0. The molecule has 0 atom stereocenters. The molecule has 5 rings (SSSR count). The molecule has 160 valence electrons. The fourth-order valence-electron chi connectivity index (χ4n) is 3.90. The highest BCUT2D eigenvalue weighted by Crippen LogP contribution is 2.32. The Bertz CT molecular complexity index is 1210. The molecule has 1 aliphatic rings. The van der Waals surface area contributed by atoms with Crippen LogP contribution in [0.15, 0.2) is 41.9 Å². The van der Waals surface area contributed by atoms with Crippen LogP contribution in [0, 0.1) is 6.92 Å². The number of aromatic nitrogens is 2. The van der Waals surface area contributed by atoms with Crippen molar-refractivity contribution in [2.75, 3.05) is 44.3 Å². The number of nitrogens with zero attached hydrogens (tertiary/aromatic N) is 4. The summed E-state index contributed by atoms with van der Waals surface area (Å²) in [6, 6.07) is 11.9. The monoisotopic (exact) mass is 452 g/mol. The van der Waals surface area contributed by atoms with Crippen LogP contribution < -0.4 is 4.90 Å². The van der Waals surface area contributed by atoms with Gasteiger partial charge in [-0.05, 0) is 43.2 Å². The SMILES string of the molecule is Cc1cccc2sc(N(CCCN3CCOCC3)C(=O)c3ccc4ncsc4c3)nc12. The Morgan fingerprint density at radius 3 is 2.90 bits per heavy atom. The number of benzene rings is 2. The number of hydrogen-bond acceptors (Lipinski definition) is 7. The fraction of sp³-hybridized carbons (Fsp3) is 0.348. The van der Waals surface area contributed by atoms with Gasteiger partial charge in [-0.1, -0.05) is 23.5 Å². The lowest BCUT2D eigenvalue weighted by molar-refractivity contribution is 0.0376. The highest BCUT2D eigenvalue weighted by molar-refractivity contribution is 7.22. The van der Waals surface area contributed by atoms with Gasteiger partial charge in [0.05, 0.1) is 39.2 Å². The molecule has 0 unspecified atom stereocenters. The summed E-state index contributed by atoms with van der Waals surface area (Å²) in [6.07, 6.45) is 0.892. The molecule has 1 fully saturated rings. The smallest absolute Gasteiger partial charge is 0.260 e. The third kappa shape index (κ3) is 4.34. The minimum absolute atomic E-state index is 0.00557. The quantitative estimate of drug-likeness (QED) is 0.428. The van der Waals surface area contributed by atoms with Gasteiger partial charge in [0, 0.05) is 31.7 Å². The van der Waals surface area contributed by atoms with Crippen molar-refractivity contribution in [1.82, 2.24) is 14.9 Å². The Balaban J connectivity index is 1.43. The molecule has 0 bridgehead atoms. The summed E-state index contributed by atoms with van der Waals surface area (Å²) in [4.78, 5) is 27.0. The van der Waals surface area contributed by atoms with E-state index in [1.165, 1.54) is 0 Å². The van der Waals surface area contributed by atoms with Crippen LogP contribution in [0.3, 0.4) is 0 Å². The Kier molecular flexibility index (Phi) is 5.95. The molecule has 1 saturated heterocycles. The van der Waals surface area contributed by atoms with Crippen molar-refractivity contribution in [3.8, 4) is 0 Å². The molecule has 3 heterocycles.